The van der Waals surface area contributed by atoms with E-state index >= 15 is 0 Å². The third kappa shape index (κ3) is 2.92. The van der Waals surface area contributed by atoms with Crippen molar-refractivity contribution < 1.29 is 8.81 Å². The summed E-state index contributed by atoms with van der Waals surface area (Å²) in [6, 6.07) is 6.20. The Morgan fingerprint density at radius 1 is 1.11 bits per heavy atom. The molecule has 2 aromatic rings. The van der Waals surface area contributed by atoms with Crippen LogP contribution in [0.4, 0.5) is 4.39 Å². The minimum Gasteiger partial charge on any atom is -0.441 e. The highest BCUT2D eigenvalue weighted by atomic mass is 19.1. The zero-order chi connectivity index (χ0) is 13.8. The first-order valence-corrected chi connectivity index (χ1v) is 6.65. The lowest BCUT2D eigenvalue weighted by Crippen LogP contribution is -1.93. The fourth-order valence-electron chi connectivity index (χ4n) is 1.99. The number of rotatable bonds is 1. The van der Waals surface area contributed by atoms with Gasteiger partial charge in [0.1, 0.15) is 17.3 Å². The van der Waals surface area contributed by atoms with Gasteiger partial charge in [-0.05, 0) is 43.7 Å². The summed E-state index contributed by atoms with van der Waals surface area (Å²) in [5.41, 5.74) is 3.04. The number of benzene rings is 1. The molecule has 0 radical (unpaired) electrons. The summed E-state index contributed by atoms with van der Waals surface area (Å²) in [6.45, 7) is 6.09. The fourth-order valence-corrected chi connectivity index (χ4v) is 1.99. The standard InChI is InChI=1S/C14H12FNO.C2H6/c1-9-2-7-13-12(8-9)16-14(17-13)10-3-5-11(15)6-4-10;1-2/h3-6,8H,2,7H2,1H3;1-2H3. The second-order valence-corrected chi connectivity index (χ2v) is 4.33. The van der Waals surface area contributed by atoms with Crippen molar-refractivity contribution in [1.82, 2.24) is 4.98 Å². The Balaban J connectivity index is 0.000000637. The van der Waals surface area contributed by atoms with E-state index in [0.29, 0.717) is 5.89 Å². The van der Waals surface area contributed by atoms with Gasteiger partial charge < -0.3 is 4.42 Å². The van der Waals surface area contributed by atoms with Crippen LogP contribution in [0, 0.1) is 5.82 Å². The molecular formula is C16H18FNO. The van der Waals surface area contributed by atoms with Crippen LogP contribution in [0.1, 0.15) is 38.6 Å². The highest BCUT2D eigenvalue weighted by Gasteiger charge is 2.16. The van der Waals surface area contributed by atoms with Gasteiger partial charge in [0.05, 0.1) is 0 Å². The van der Waals surface area contributed by atoms with Gasteiger partial charge in [0, 0.05) is 12.0 Å². The lowest BCUT2D eigenvalue weighted by atomic mass is 10.0. The molecule has 0 saturated carbocycles. The van der Waals surface area contributed by atoms with Crippen molar-refractivity contribution in [2.75, 3.05) is 0 Å². The van der Waals surface area contributed by atoms with Gasteiger partial charge in [-0.3, -0.25) is 0 Å². The number of hydrogen-bond donors (Lipinski definition) is 0. The predicted molar refractivity (Wildman–Crippen MR) is 75.2 cm³/mol. The van der Waals surface area contributed by atoms with Gasteiger partial charge in [0.25, 0.3) is 0 Å². The molecule has 0 N–H and O–H groups in total. The van der Waals surface area contributed by atoms with Crippen LogP contribution in [0.2, 0.25) is 0 Å². The van der Waals surface area contributed by atoms with Crippen LogP contribution in [0.5, 0.6) is 0 Å². The predicted octanol–water partition coefficient (Wildman–Crippen LogP) is 4.86. The normalized spacial score (nSPS) is 13.2. The minimum atomic E-state index is -0.249. The molecule has 1 aliphatic rings. The van der Waals surface area contributed by atoms with E-state index in [-0.39, 0.29) is 5.82 Å². The second kappa shape index (κ2) is 5.83. The van der Waals surface area contributed by atoms with Gasteiger partial charge in [0.2, 0.25) is 5.89 Å². The van der Waals surface area contributed by atoms with Crippen molar-refractivity contribution in [1.29, 1.82) is 0 Å². The van der Waals surface area contributed by atoms with E-state index in [9.17, 15) is 4.39 Å². The molecule has 100 valence electrons. The van der Waals surface area contributed by atoms with E-state index in [4.69, 9.17) is 4.42 Å². The van der Waals surface area contributed by atoms with Crippen LogP contribution in [-0.4, -0.2) is 4.98 Å². The molecule has 0 aliphatic heterocycles. The summed E-state index contributed by atoms with van der Waals surface area (Å²) in [4.78, 5) is 4.44. The summed E-state index contributed by atoms with van der Waals surface area (Å²) in [6.07, 6.45) is 3.96. The SMILES string of the molecule is CC.CC1=Cc2nc(-c3ccc(F)cc3)oc2CC1. The molecule has 19 heavy (non-hydrogen) atoms. The number of aryl methyl sites for hydroxylation is 1. The molecule has 0 bridgehead atoms. The van der Waals surface area contributed by atoms with Crippen molar-refractivity contribution in [3.05, 3.63) is 47.1 Å². The zero-order valence-corrected chi connectivity index (χ0v) is 11.5. The van der Waals surface area contributed by atoms with Crippen molar-refractivity contribution >= 4 is 6.08 Å². The zero-order valence-electron chi connectivity index (χ0n) is 11.5. The first kappa shape index (κ1) is 13.5. The van der Waals surface area contributed by atoms with Crippen molar-refractivity contribution in [2.45, 2.75) is 33.6 Å². The van der Waals surface area contributed by atoms with Gasteiger partial charge in [-0.25, -0.2) is 9.37 Å². The molecule has 1 aromatic carbocycles. The maximum atomic E-state index is 12.8. The maximum Gasteiger partial charge on any atom is 0.226 e. The van der Waals surface area contributed by atoms with Crippen molar-refractivity contribution in [3.8, 4) is 11.5 Å². The van der Waals surface area contributed by atoms with E-state index in [2.05, 4.69) is 18.0 Å². The van der Waals surface area contributed by atoms with Gasteiger partial charge in [-0.15, -0.1) is 0 Å². The molecule has 0 unspecified atom stereocenters. The number of nitrogens with zero attached hydrogens (tertiary/aromatic N) is 1. The van der Waals surface area contributed by atoms with E-state index in [1.54, 1.807) is 12.1 Å². The third-order valence-electron chi connectivity index (χ3n) is 2.95. The molecule has 1 heterocycles. The number of allylic oxidation sites excluding steroid dienone is 1. The Hall–Kier alpha value is -1.90. The second-order valence-electron chi connectivity index (χ2n) is 4.33. The van der Waals surface area contributed by atoms with E-state index < -0.39 is 0 Å². The average Bonchev–Trinajstić information content (AvgIpc) is 2.84. The topological polar surface area (TPSA) is 26.0 Å². The van der Waals surface area contributed by atoms with Crippen LogP contribution in [0.15, 0.2) is 34.3 Å². The molecule has 3 heteroatoms. The Kier molecular flexibility index (Phi) is 4.15. The molecule has 1 aromatic heterocycles. The summed E-state index contributed by atoms with van der Waals surface area (Å²) in [5.74, 6) is 1.25. The van der Waals surface area contributed by atoms with Gasteiger partial charge in [0.15, 0.2) is 0 Å². The van der Waals surface area contributed by atoms with Gasteiger partial charge >= 0.3 is 0 Å². The first-order chi connectivity index (χ1) is 9.22. The number of aromatic nitrogens is 1. The highest BCUT2D eigenvalue weighted by molar-refractivity contribution is 5.59. The largest absolute Gasteiger partial charge is 0.441 e. The smallest absolute Gasteiger partial charge is 0.226 e. The van der Waals surface area contributed by atoms with Crippen LogP contribution < -0.4 is 0 Å². The summed E-state index contributed by atoms with van der Waals surface area (Å²) in [5, 5.41) is 0. The van der Waals surface area contributed by atoms with E-state index in [0.717, 1.165) is 29.9 Å². The number of oxazole rings is 1. The molecule has 1 aliphatic carbocycles. The lowest BCUT2D eigenvalue weighted by molar-refractivity contribution is 0.514. The first-order valence-electron chi connectivity index (χ1n) is 6.65. The average molecular weight is 259 g/mol. The molecule has 0 fully saturated rings. The van der Waals surface area contributed by atoms with Crippen LogP contribution in [0.25, 0.3) is 17.5 Å². The minimum absolute atomic E-state index is 0.249. The number of fused-ring (bicyclic) bond motifs is 1. The summed E-state index contributed by atoms with van der Waals surface area (Å²) >= 11 is 0. The Morgan fingerprint density at radius 3 is 2.47 bits per heavy atom. The lowest BCUT2D eigenvalue weighted by Gasteiger charge is -2.05. The molecule has 0 amide bonds. The fraction of sp³-hybridized carbons (Fsp3) is 0.312. The molecule has 0 saturated heterocycles. The highest BCUT2D eigenvalue weighted by Crippen LogP contribution is 2.28. The third-order valence-corrected chi connectivity index (χ3v) is 2.95. The summed E-state index contributed by atoms with van der Waals surface area (Å²) in [7, 11) is 0. The van der Waals surface area contributed by atoms with Crippen LogP contribution in [-0.2, 0) is 6.42 Å². The van der Waals surface area contributed by atoms with Gasteiger partial charge in [-0.2, -0.15) is 0 Å². The molecule has 0 atom stereocenters. The molecular weight excluding hydrogens is 241 g/mol. The molecule has 2 nitrogen and oxygen atoms in total. The Bertz CT molecular complexity index is 581. The molecule has 0 spiro atoms. The van der Waals surface area contributed by atoms with Crippen molar-refractivity contribution in [3.63, 3.8) is 0 Å². The monoisotopic (exact) mass is 259 g/mol. The number of hydrogen-bond acceptors (Lipinski definition) is 2. The Labute approximate surface area is 113 Å². The van der Waals surface area contributed by atoms with E-state index in [1.165, 1.54) is 17.7 Å². The quantitative estimate of drug-likeness (QED) is 0.731. The van der Waals surface area contributed by atoms with Crippen LogP contribution in [0.3, 0.4) is 0 Å². The van der Waals surface area contributed by atoms with Gasteiger partial charge in [-0.1, -0.05) is 19.4 Å². The maximum absolute atomic E-state index is 12.8. The van der Waals surface area contributed by atoms with Crippen molar-refractivity contribution in [2.24, 2.45) is 0 Å². The number of halogens is 1. The van der Waals surface area contributed by atoms with Crippen LogP contribution >= 0.6 is 0 Å². The summed E-state index contributed by atoms with van der Waals surface area (Å²) < 4.78 is 18.5. The Morgan fingerprint density at radius 2 is 1.79 bits per heavy atom. The molecule has 3 rings (SSSR count). The van der Waals surface area contributed by atoms with E-state index in [1.807, 2.05) is 13.8 Å².